The fourth-order valence-corrected chi connectivity index (χ4v) is 3.11. The van der Waals surface area contributed by atoms with Gasteiger partial charge in [0.1, 0.15) is 45.4 Å². The van der Waals surface area contributed by atoms with E-state index in [0.29, 0.717) is 19.8 Å². The summed E-state index contributed by atoms with van der Waals surface area (Å²) in [5, 5.41) is 10.1. The van der Waals surface area contributed by atoms with Gasteiger partial charge in [-0.2, -0.15) is 0 Å². The highest BCUT2D eigenvalue weighted by Gasteiger charge is 2.24. The van der Waals surface area contributed by atoms with Crippen molar-refractivity contribution in [1.82, 2.24) is 0 Å². The highest BCUT2D eigenvalue weighted by Crippen LogP contribution is 2.30. The van der Waals surface area contributed by atoms with E-state index in [1.807, 2.05) is 24.3 Å². The zero-order valence-electron chi connectivity index (χ0n) is 13.8. The van der Waals surface area contributed by atoms with E-state index < -0.39 is 6.10 Å². The second-order valence-electron chi connectivity index (χ2n) is 6.60. The van der Waals surface area contributed by atoms with Crippen molar-refractivity contribution in [2.45, 2.75) is 12.2 Å². The Kier molecular flexibility index (Phi) is 5.72. The maximum absolute atomic E-state index is 10.1. The molecular weight excluding hydrogens is 296 g/mol. The van der Waals surface area contributed by atoms with E-state index >= 15 is 0 Å². The molecule has 6 nitrogen and oxygen atoms in total. The summed E-state index contributed by atoms with van der Waals surface area (Å²) in [5.74, 6) is 1.54. The summed E-state index contributed by atoms with van der Waals surface area (Å²) in [6.07, 6.45) is -0.531. The standard InChI is InChI=1S/C17H26N2O4/c1-18-6-8-19(9-7-18)10-14(20)11-21-12-15-13-22-16-4-2-3-5-17(16)23-15/h2-5,14-15,20H,6-13H2,1H3/p+2/t14-,15+/m0/s1. The Bertz CT molecular complexity index is 491. The molecule has 128 valence electrons. The first-order valence-corrected chi connectivity index (χ1v) is 8.50. The summed E-state index contributed by atoms with van der Waals surface area (Å²) >= 11 is 0. The molecule has 0 saturated carbocycles. The lowest BCUT2D eigenvalue weighted by molar-refractivity contribution is -1.00. The number of aliphatic hydroxyl groups is 1. The number of ether oxygens (including phenoxy) is 3. The first-order valence-electron chi connectivity index (χ1n) is 8.50. The first kappa shape index (κ1) is 16.5. The van der Waals surface area contributed by atoms with Gasteiger partial charge >= 0.3 is 0 Å². The molecule has 23 heavy (non-hydrogen) atoms. The molecule has 2 heterocycles. The summed E-state index contributed by atoms with van der Waals surface area (Å²) in [4.78, 5) is 3.05. The van der Waals surface area contributed by atoms with Crippen molar-refractivity contribution in [3.63, 3.8) is 0 Å². The van der Waals surface area contributed by atoms with Crippen molar-refractivity contribution in [1.29, 1.82) is 0 Å². The van der Waals surface area contributed by atoms with Gasteiger partial charge in [-0.25, -0.2) is 0 Å². The molecule has 2 aliphatic rings. The molecular formula is C17H28N2O4+2. The number of nitrogens with one attached hydrogen (secondary N) is 2. The van der Waals surface area contributed by atoms with Gasteiger partial charge in [0.05, 0.1) is 20.3 Å². The summed E-state index contributed by atoms with van der Waals surface area (Å²) in [6, 6.07) is 7.65. The van der Waals surface area contributed by atoms with Crippen LogP contribution in [-0.4, -0.2) is 76.9 Å². The molecule has 0 aromatic heterocycles. The van der Waals surface area contributed by atoms with E-state index in [0.717, 1.165) is 31.1 Å². The number of piperazine rings is 1. The van der Waals surface area contributed by atoms with Gasteiger partial charge in [0.25, 0.3) is 0 Å². The number of rotatable bonds is 6. The molecule has 0 aliphatic carbocycles. The minimum Gasteiger partial charge on any atom is -0.486 e. The van der Waals surface area contributed by atoms with Crippen LogP contribution in [0.5, 0.6) is 11.5 Å². The zero-order chi connectivity index (χ0) is 16.1. The molecule has 0 spiro atoms. The Labute approximate surface area is 137 Å². The van der Waals surface area contributed by atoms with Crippen molar-refractivity contribution in [3.8, 4) is 11.5 Å². The normalized spacial score (nSPS) is 28.3. The number of benzene rings is 1. The minimum atomic E-state index is -0.416. The minimum absolute atomic E-state index is 0.114. The fourth-order valence-electron chi connectivity index (χ4n) is 3.11. The SMILES string of the molecule is C[NH+]1CC[NH+](C[C@H](O)COC[C@@H]2COc3ccccc3O2)CC1. The number of hydrogen-bond acceptors (Lipinski definition) is 4. The number of hydrogen-bond donors (Lipinski definition) is 3. The monoisotopic (exact) mass is 324 g/mol. The highest BCUT2D eigenvalue weighted by molar-refractivity contribution is 5.40. The first-order chi connectivity index (χ1) is 11.2. The molecule has 2 atom stereocenters. The maximum atomic E-state index is 10.1. The largest absolute Gasteiger partial charge is 0.486 e. The predicted molar refractivity (Wildman–Crippen MR) is 85.4 cm³/mol. The Balaban J connectivity index is 1.34. The third-order valence-corrected chi connectivity index (χ3v) is 4.52. The van der Waals surface area contributed by atoms with Crippen LogP contribution in [-0.2, 0) is 4.74 Å². The van der Waals surface area contributed by atoms with E-state index in [-0.39, 0.29) is 6.10 Å². The molecule has 3 N–H and O–H groups in total. The van der Waals surface area contributed by atoms with Crippen LogP contribution in [0.2, 0.25) is 0 Å². The molecule has 1 aromatic carbocycles. The lowest BCUT2D eigenvalue weighted by Crippen LogP contribution is -3.27. The maximum Gasteiger partial charge on any atom is 0.161 e. The smallest absolute Gasteiger partial charge is 0.161 e. The quantitative estimate of drug-likeness (QED) is 0.547. The van der Waals surface area contributed by atoms with Crippen molar-refractivity contribution < 1.29 is 29.1 Å². The second-order valence-corrected chi connectivity index (χ2v) is 6.60. The lowest BCUT2D eigenvalue weighted by atomic mass is 10.2. The number of quaternary nitrogens is 2. The predicted octanol–water partition coefficient (Wildman–Crippen LogP) is -2.38. The summed E-state index contributed by atoms with van der Waals surface area (Å²) in [6.45, 7) is 6.64. The average Bonchev–Trinajstić information content (AvgIpc) is 2.57. The molecule has 6 heteroatoms. The zero-order valence-corrected chi connectivity index (χ0v) is 13.8. The Morgan fingerprint density at radius 1 is 1.22 bits per heavy atom. The topological polar surface area (TPSA) is 56.8 Å². The van der Waals surface area contributed by atoms with Gasteiger partial charge in [-0.05, 0) is 12.1 Å². The van der Waals surface area contributed by atoms with Crippen LogP contribution < -0.4 is 19.3 Å². The van der Waals surface area contributed by atoms with E-state index in [9.17, 15) is 5.11 Å². The van der Waals surface area contributed by atoms with Crippen molar-refractivity contribution >= 4 is 0 Å². The Hall–Kier alpha value is -1.34. The lowest BCUT2D eigenvalue weighted by Gasteiger charge is -2.29. The van der Waals surface area contributed by atoms with E-state index in [2.05, 4.69) is 7.05 Å². The summed E-state index contributed by atoms with van der Waals surface area (Å²) < 4.78 is 17.1. The third-order valence-electron chi connectivity index (χ3n) is 4.52. The van der Waals surface area contributed by atoms with Gasteiger partial charge in [-0.1, -0.05) is 12.1 Å². The van der Waals surface area contributed by atoms with E-state index in [1.165, 1.54) is 18.0 Å². The van der Waals surface area contributed by atoms with Gasteiger partial charge in [-0.15, -0.1) is 0 Å². The second kappa shape index (κ2) is 7.97. The van der Waals surface area contributed by atoms with Gasteiger partial charge in [0, 0.05) is 0 Å². The fraction of sp³-hybridized carbons (Fsp3) is 0.647. The molecule has 0 amide bonds. The van der Waals surface area contributed by atoms with Crippen LogP contribution in [0, 0.1) is 0 Å². The summed E-state index contributed by atoms with van der Waals surface area (Å²) in [7, 11) is 2.22. The Morgan fingerprint density at radius 3 is 2.74 bits per heavy atom. The average molecular weight is 324 g/mol. The number of likely N-dealkylation sites (N-methyl/N-ethyl adjacent to an activating group) is 1. The number of para-hydroxylation sites is 2. The molecule has 0 radical (unpaired) electrons. The van der Waals surface area contributed by atoms with Gasteiger partial charge in [0.15, 0.2) is 17.6 Å². The van der Waals surface area contributed by atoms with Crippen molar-refractivity contribution in [2.75, 3.05) is 59.6 Å². The van der Waals surface area contributed by atoms with E-state index in [4.69, 9.17) is 14.2 Å². The number of fused-ring (bicyclic) bond motifs is 1. The van der Waals surface area contributed by atoms with Gasteiger partial charge < -0.3 is 29.1 Å². The van der Waals surface area contributed by atoms with Crippen LogP contribution in [0.4, 0.5) is 0 Å². The van der Waals surface area contributed by atoms with Gasteiger partial charge in [0.2, 0.25) is 0 Å². The molecule has 0 unspecified atom stereocenters. The van der Waals surface area contributed by atoms with Crippen molar-refractivity contribution in [3.05, 3.63) is 24.3 Å². The molecule has 2 aliphatic heterocycles. The summed E-state index contributed by atoms with van der Waals surface area (Å²) in [5.41, 5.74) is 0. The van der Waals surface area contributed by atoms with Crippen LogP contribution in [0.25, 0.3) is 0 Å². The number of aliphatic hydroxyl groups excluding tert-OH is 1. The van der Waals surface area contributed by atoms with E-state index in [1.54, 1.807) is 4.90 Å². The van der Waals surface area contributed by atoms with Crippen LogP contribution in [0.1, 0.15) is 0 Å². The van der Waals surface area contributed by atoms with Crippen LogP contribution >= 0.6 is 0 Å². The highest BCUT2D eigenvalue weighted by atomic mass is 16.6. The van der Waals surface area contributed by atoms with Crippen molar-refractivity contribution in [2.24, 2.45) is 0 Å². The molecule has 3 rings (SSSR count). The van der Waals surface area contributed by atoms with Crippen LogP contribution in [0.15, 0.2) is 24.3 Å². The third kappa shape index (κ3) is 4.81. The van der Waals surface area contributed by atoms with Crippen LogP contribution in [0.3, 0.4) is 0 Å². The molecule has 1 saturated heterocycles. The van der Waals surface area contributed by atoms with Gasteiger partial charge in [-0.3, -0.25) is 0 Å². The molecule has 1 aromatic rings. The molecule has 1 fully saturated rings. The molecule has 0 bridgehead atoms. The Morgan fingerprint density at radius 2 is 1.96 bits per heavy atom.